The molecule has 0 heterocycles. The summed E-state index contributed by atoms with van der Waals surface area (Å²) in [6, 6.07) is 2.14. The number of benzene rings is 1. The molecule has 7 heteroatoms. The van der Waals surface area contributed by atoms with E-state index in [2.05, 4.69) is 15.9 Å². The van der Waals surface area contributed by atoms with Gasteiger partial charge in [-0.1, -0.05) is 0 Å². The summed E-state index contributed by atoms with van der Waals surface area (Å²) in [5.41, 5.74) is 4.39. The predicted octanol–water partition coefficient (Wildman–Crippen LogP) is 3.62. The fourth-order valence-corrected chi connectivity index (χ4v) is 2.23. The van der Waals surface area contributed by atoms with Crippen molar-refractivity contribution in [2.24, 2.45) is 0 Å². The molecule has 80 valence electrons. The normalized spacial score (nSPS) is 11.1. The molecule has 0 atom stereocenters. The minimum Gasteiger partial charge on any atom is -0.399 e. The minimum absolute atomic E-state index is 0.00325. The molecule has 1 aromatic carbocycles. The van der Waals surface area contributed by atoms with E-state index in [1.165, 1.54) is 6.07 Å². The molecule has 2 nitrogen and oxygen atoms in total. The second-order valence-corrected chi connectivity index (χ2v) is 4.22. The Hall–Kier alpha value is -0.870. The van der Waals surface area contributed by atoms with Crippen LogP contribution in [0.3, 0.4) is 0 Å². The first kappa shape index (κ1) is 12.2. The number of nitrogen functional groups attached to an aromatic ring is 1. The van der Waals surface area contributed by atoms with E-state index in [4.69, 9.17) is 11.0 Å². The molecule has 0 aliphatic rings. The topological polar surface area (TPSA) is 49.8 Å². The van der Waals surface area contributed by atoms with Crippen molar-refractivity contribution in [3.63, 3.8) is 0 Å². The standard InChI is InChI=1S/C8H4BrF3N2S/c9-6-2-4(14)1-5(8(10,11)12)7(6)15-3-13/h1-2H,14H2. The van der Waals surface area contributed by atoms with Crippen LogP contribution in [-0.4, -0.2) is 0 Å². The van der Waals surface area contributed by atoms with Crippen molar-refractivity contribution in [3.05, 3.63) is 22.2 Å². The van der Waals surface area contributed by atoms with Gasteiger partial charge in [0.25, 0.3) is 0 Å². The second-order valence-electron chi connectivity index (χ2n) is 2.57. The molecule has 0 spiro atoms. The van der Waals surface area contributed by atoms with Crippen LogP contribution in [0.25, 0.3) is 0 Å². The lowest BCUT2D eigenvalue weighted by Gasteiger charge is -2.12. The molecule has 0 radical (unpaired) electrons. The molecule has 0 aliphatic heterocycles. The number of anilines is 1. The maximum Gasteiger partial charge on any atom is 0.417 e. The molecule has 0 unspecified atom stereocenters. The quantitative estimate of drug-likeness (QED) is 0.489. The Morgan fingerprint density at radius 3 is 2.47 bits per heavy atom. The van der Waals surface area contributed by atoms with E-state index < -0.39 is 11.7 Å². The van der Waals surface area contributed by atoms with Gasteiger partial charge in [0, 0.05) is 15.1 Å². The van der Waals surface area contributed by atoms with E-state index in [1.807, 2.05) is 0 Å². The third-order valence-corrected chi connectivity index (χ3v) is 3.14. The highest BCUT2D eigenvalue weighted by Gasteiger charge is 2.35. The number of halogens is 4. The molecule has 1 aromatic rings. The van der Waals surface area contributed by atoms with Crippen molar-refractivity contribution >= 4 is 33.4 Å². The number of thiocyanates is 1. The Kier molecular flexibility index (Phi) is 3.52. The summed E-state index contributed by atoms with van der Waals surface area (Å²) < 4.78 is 37.8. The van der Waals surface area contributed by atoms with Crippen LogP contribution in [0.5, 0.6) is 0 Å². The van der Waals surface area contributed by atoms with Crippen LogP contribution in [0.15, 0.2) is 21.5 Å². The van der Waals surface area contributed by atoms with Crippen LogP contribution >= 0.6 is 27.7 Å². The van der Waals surface area contributed by atoms with Gasteiger partial charge in [-0.2, -0.15) is 18.4 Å². The first-order valence-electron chi connectivity index (χ1n) is 3.58. The largest absolute Gasteiger partial charge is 0.417 e. The van der Waals surface area contributed by atoms with Crippen molar-refractivity contribution in [2.45, 2.75) is 11.1 Å². The molecule has 0 amide bonds. The van der Waals surface area contributed by atoms with Crippen molar-refractivity contribution in [2.75, 3.05) is 5.73 Å². The summed E-state index contributed by atoms with van der Waals surface area (Å²) in [5.74, 6) is 0. The smallest absolute Gasteiger partial charge is 0.399 e. The average Bonchev–Trinajstić information content (AvgIpc) is 2.07. The van der Waals surface area contributed by atoms with Gasteiger partial charge >= 0.3 is 6.18 Å². The molecule has 2 N–H and O–H groups in total. The fourth-order valence-electron chi connectivity index (χ4n) is 0.974. The highest BCUT2D eigenvalue weighted by molar-refractivity contribution is 9.10. The number of nitriles is 1. The Morgan fingerprint density at radius 2 is 2.00 bits per heavy atom. The zero-order chi connectivity index (χ0) is 11.6. The van der Waals surface area contributed by atoms with Gasteiger partial charge in [0.05, 0.1) is 5.56 Å². The molecule has 0 saturated carbocycles. The van der Waals surface area contributed by atoms with Crippen molar-refractivity contribution in [1.29, 1.82) is 5.26 Å². The van der Waals surface area contributed by atoms with Crippen LogP contribution in [0.2, 0.25) is 0 Å². The van der Waals surface area contributed by atoms with Crippen molar-refractivity contribution < 1.29 is 13.2 Å². The predicted molar refractivity (Wildman–Crippen MR) is 55.0 cm³/mol. The highest BCUT2D eigenvalue weighted by atomic mass is 79.9. The van der Waals surface area contributed by atoms with Crippen molar-refractivity contribution in [3.8, 4) is 5.40 Å². The summed E-state index contributed by atoms with van der Waals surface area (Å²) in [7, 11) is 0. The van der Waals surface area contributed by atoms with E-state index in [0.717, 1.165) is 6.07 Å². The fraction of sp³-hybridized carbons (Fsp3) is 0.125. The second kappa shape index (κ2) is 4.33. The first-order chi connectivity index (χ1) is 6.86. The van der Waals surface area contributed by atoms with Gasteiger partial charge in [0.1, 0.15) is 5.40 Å². The molecule has 0 fully saturated rings. The molecule has 0 aliphatic carbocycles. The average molecular weight is 297 g/mol. The van der Waals surface area contributed by atoms with Crippen LogP contribution in [0.1, 0.15) is 5.56 Å². The molecule has 0 saturated heterocycles. The molecule has 0 bridgehead atoms. The van der Waals surface area contributed by atoms with Crippen molar-refractivity contribution in [1.82, 2.24) is 0 Å². The molecule has 0 aromatic heterocycles. The van der Waals surface area contributed by atoms with E-state index in [9.17, 15) is 13.2 Å². The van der Waals surface area contributed by atoms with Crippen LogP contribution in [0, 0.1) is 10.7 Å². The Labute approximate surface area is 96.4 Å². The van der Waals surface area contributed by atoms with Gasteiger partial charge in [-0.25, -0.2) is 0 Å². The van der Waals surface area contributed by atoms with Crippen LogP contribution < -0.4 is 5.73 Å². The number of alkyl halides is 3. The summed E-state index contributed by atoms with van der Waals surface area (Å²) in [5, 5.41) is 10.00. The van der Waals surface area contributed by atoms with Gasteiger partial charge < -0.3 is 5.73 Å². The summed E-state index contributed by atoms with van der Waals surface area (Å²) in [6.07, 6.45) is -4.52. The summed E-state index contributed by atoms with van der Waals surface area (Å²) >= 11 is 3.39. The summed E-state index contributed by atoms with van der Waals surface area (Å²) in [6.45, 7) is 0. The van der Waals surface area contributed by atoms with Gasteiger partial charge in [-0.3, -0.25) is 0 Å². The number of hydrogen-bond donors (Lipinski definition) is 1. The lowest BCUT2D eigenvalue weighted by atomic mass is 10.2. The monoisotopic (exact) mass is 296 g/mol. The lowest BCUT2D eigenvalue weighted by Crippen LogP contribution is -2.08. The van der Waals surface area contributed by atoms with Gasteiger partial charge in [-0.05, 0) is 39.8 Å². The first-order valence-corrected chi connectivity index (χ1v) is 5.19. The minimum atomic E-state index is -4.52. The van der Waals surface area contributed by atoms with E-state index in [1.54, 1.807) is 5.40 Å². The van der Waals surface area contributed by atoms with Gasteiger partial charge in [0.2, 0.25) is 0 Å². The van der Waals surface area contributed by atoms with E-state index in [-0.39, 0.29) is 15.1 Å². The van der Waals surface area contributed by atoms with E-state index in [0.29, 0.717) is 11.8 Å². The van der Waals surface area contributed by atoms with E-state index >= 15 is 0 Å². The van der Waals surface area contributed by atoms with Gasteiger partial charge in [0.15, 0.2) is 0 Å². The summed E-state index contributed by atoms with van der Waals surface area (Å²) in [4.78, 5) is -0.167. The third kappa shape index (κ3) is 2.79. The maximum absolute atomic E-state index is 12.5. The Balaban J connectivity index is 3.41. The molecule has 1 rings (SSSR count). The Morgan fingerprint density at radius 1 is 1.40 bits per heavy atom. The third-order valence-electron chi connectivity index (χ3n) is 1.52. The zero-order valence-electron chi connectivity index (χ0n) is 7.10. The zero-order valence-corrected chi connectivity index (χ0v) is 9.50. The highest BCUT2D eigenvalue weighted by Crippen LogP contribution is 2.41. The van der Waals surface area contributed by atoms with Crippen LogP contribution in [0.4, 0.5) is 18.9 Å². The lowest BCUT2D eigenvalue weighted by molar-refractivity contribution is -0.139. The number of nitrogens with zero attached hydrogens (tertiary/aromatic N) is 1. The SMILES string of the molecule is N#CSc1c(Br)cc(N)cc1C(F)(F)F. The number of rotatable bonds is 1. The number of thioether (sulfide) groups is 1. The maximum atomic E-state index is 12.5. The number of nitrogens with two attached hydrogens (primary N) is 1. The Bertz CT molecular complexity index is 425. The molecular formula is C8H4BrF3N2S. The molecular weight excluding hydrogens is 293 g/mol. The molecule has 15 heavy (non-hydrogen) atoms. The number of hydrogen-bond acceptors (Lipinski definition) is 3. The van der Waals surface area contributed by atoms with Crippen LogP contribution in [-0.2, 0) is 6.18 Å². The van der Waals surface area contributed by atoms with Gasteiger partial charge in [-0.15, -0.1) is 0 Å².